The van der Waals surface area contributed by atoms with Gasteiger partial charge in [0.1, 0.15) is 5.75 Å². The second kappa shape index (κ2) is 10.5. The summed E-state index contributed by atoms with van der Waals surface area (Å²) >= 11 is 0. The van der Waals surface area contributed by atoms with Crippen LogP contribution >= 0.6 is 0 Å². The van der Waals surface area contributed by atoms with Gasteiger partial charge in [-0.2, -0.15) is 5.10 Å². The van der Waals surface area contributed by atoms with E-state index in [4.69, 9.17) is 14.6 Å². The molecule has 5 rings (SSSR count). The lowest BCUT2D eigenvalue weighted by atomic mass is 10.0. The van der Waals surface area contributed by atoms with Crippen molar-refractivity contribution in [3.63, 3.8) is 0 Å². The van der Waals surface area contributed by atoms with Crippen LogP contribution in [0.2, 0.25) is 0 Å². The number of ether oxygens (including phenoxy) is 2. The largest absolute Gasteiger partial charge is 0.497 e. The smallest absolute Gasteiger partial charge is 0.337 e. The molecule has 2 heterocycles. The van der Waals surface area contributed by atoms with Crippen LogP contribution in [0.15, 0.2) is 48.5 Å². The number of nitrogens with zero attached hydrogens (tertiary/aromatic N) is 3. The minimum Gasteiger partial charge on any atom is -0.497 e. The number of aryl methyl sites for hydroxylation is 2. The van der Waals surface area contributed by atoms with Gasteiger partial charge in [0.2, 0.25) is 0 Å². The summed E-state index contributed by atoms with van der Waals surface area (Å²) in [7, 11) is 3.05. The molecule has 1 aliphatic heterocycles. The average Bonchev–Trinajstić information content (AvgIpc) is 3.65. The highest BCUT2D eigenvalue weighted by Gasteiger charge is 2.31. The molecule has 8 nitrogen and oxygen atoms in total. The highest BCUT2D eigenvalue weighted by molar-refractivity contribution is 5.94. The summed E-state index contributed by atoms with van der Waals surface area (Å²) in [6.45, 7) is 3.01. The van der Waals surface area contributed by atoms with Gasteiger partial charge in [0.25, 0.3) is 5.91 Å². The molecule has 1 fully saturated rings. The number of methoxy groups -OCH3 is 2. The van der Waals surface area contributed by atoms with Crippen LogP contribution in [-0.2, 0) is 37.2 Å². The summed E-state index contributed by atoms with van der Waals surface area (Å²) in [5.74, 6) is 0.438. The molecule has 3 aromatic rings. The normalized spacial score (nSPS) is 15.3. The second-order valence-electron chi connectivity index (χ2n) is 9.49. The van der Waals surface area contributed by atoms with E-state index >= 15 is 0 Å². The van der Waals surface area contributed by atoms with Crippen LogP contribution in [-0.4, -0.2) is 53.4 Å². The van der Waals surface area contributed by atoms with Crippen molar-refractivity contribution in [1.29, 1.82) is 0 Å². The lowest BCUT2D eigenvalue weighted by molar-refractivity contribution is 0.0600. The van der Waals surface area contributed by atoms with Crippen LogP contribution in [0.5, 0.6) is 5.75 Å². The quantitative estimate of drug-likeness (QED) is 0.465. The van der Waals surface area contributed by atoms with Crippen molar-refractivity contribution in [2.45, 2.75) is 51.4 Å². The number of nitrogens with one attached hydrogen (secondary N) is 1. The Kier molecular flexibility index (Phi) is 7.04. The van der Waals surface area contributed by atoms with Crippen LogP contribution in [0, 0.1) is 0 Å². The molecule has 0 atom stereocenters. The molecule has 36 heavy (non-hydrogen) atoms. The Labute approximate surface area is 211 Å². The molecule has 8 heteroatoms. The molecule has 2 aromatic carbocycles. The average molecular weight is 489 g/mol. The van der Waals surface area contributed by atoms with Crippen LogP contribution in [0.1, 0.15) is 56.1 Å². The van der Waals surface area contributed by atoms with E-state index < -0.39 is 0 Å². The molecular weight excluding hydrogens is 456 g/mol. The lowest BCUT2D eigenvalue weighted by Gasteiger charge is -2.28. The predicted molar refractivity (Wildman–Crippen MR) is 135 cm³/mol. The Hall–Kier alpha value is -3.65. The third kappa shape index (κ3) is 5.44. The molecule has 1 aromatic heterocycles. The fraction of sp³-hybridized carbons (Fsp3) is 0.393. The highest BCUT2D eigenvalue weighted by Crippen LogP contribution is 2.26. The monoisotopic (exact) mass is 488 g/mol. The summed E-state index contributed by atoms with van der Waals surface area (Å²) in [6.07, 6.45) is 3.75. The van der Waals surface area contributed by atoms with Gasteiger partial charge in [0.15, 0.2) is 5.69 Å². The fourth-order valence-corrected chi connectivity index (χ4v) is 4.68. The van der Waals surface area contributed by atoms with Gasteiger partial charge in [-0.1, -0.05) is 24.3 Å². The van der Waals surface area contributed by atoms with E-state index in [1.54, 1.807) is 19.2 Å². The van der Waals surface area contributed by atoms with Gasteiger partial charge < -0.3 is 14.8 Å². The molecule has 1 aliphatic carbocycles. The minimum atomic E-state index is -0.336. The van der Waals surface area contributed by atoms with Gasteiger partial charge in [-0.25, -0.2) is 4.79 Å². The molecule has 188 valence electrons. The van der Waals surface area contributed by atoms with E-state index in [9.17, 15) is 9.59 Å². The first-order chi connectivity index (χ1) is 17.5. The van der Waals surface area contributed by atoms with Crippen molar-refractivity contribution < 1.29 is 19.1 Å². The van der Waals surface area contributed by atoms with Crippen molar-refractivity contribution >= 4 is 11.9 Å². The SMILES string of the molecule is COC(=O)c1ccc(CN2CCc3c(c(C(=O)NC4CC4)nn3CCc3ccc(OC)cc3)C2)cc1. The number of fused-ring (bicyclic) bond motifs is 1. The van der Waals surface area contributed by atoms with Crippen molar-refractivity contribution in [2.75, 3.05) is 20.8 Å². The third-order valence-electron chi connectivity index (χ3n) is 6.89. The number of esters is 1. The first kappa shape index (κ1) is 24.1. The van der Waals surface area contributed by atoms with E-state index in [-0.39, 0.29) is 17.9 Å². The zero-order valence-corrected chi connectivity index (χ0v) is 20.8. The van der Waals surface area contributed by atoms with Gasteiger partial charge in [-0.05, 0) is 54.7 Å². The highest BCUT2D eigenvalue weighted by atomic mass is 16.5. The number of benzene rings is 2. The number of carbonyl (C=O) groups excluding carboxylic acids is 2. The Morgan fingerprint density at radius 3 is 2.42 bits per heavy atom. The maximum atomic E-state index is 13.1. The molecule has 0 bridgehead atoms. The Morgan fingerprint density at radius 1 is 1.03 bits per heavy atom. The van der Waals surface area contributed by atoms with Crippen LogP contribution in [0.4, 0.5) is 0 Å². The summed E-state index contributed by atoms with van der Waals surface area (Å²) in [6, 6.07) is 15.9. The molecular formula is C28H32N4O4. The third-order valence-corrected chi connectivity index (χ3v) is 6.89. The topological polar surface area (TPSA) is 85.7 Å². The van der Waals surface area contributed by atoms with Crippen LogP contribution in [0.3, 0.4) is 0 Å². The fourth-order valence-electron chi connectivity index (χ4n) is 4.68. The minimum absolute atomic E-state index is 0.0683. The maximum Gasteiger partial charge on any atom is 0.337 e. The van der Waals surface area contributed by atoms with Crippen molar-refractivity contribution in [3.8, 4) is 5.75 Å². The van der Waals surface area contributed by atoms with E-state index in [1.165, 1.54) is 12.7 Å². The summed E-state index contributed by atoms with van der Waals surface area (Å²) < 4.78 is 12.1. The van der Waals surface area contributed by atoms with E-state index in [0.29, 0.717) is 17.8 Å². The van der Waals surface area contributed by atoms with Crippen LogP contribution in [0.25, 0.3) is 0 Å². The first-order valence-corrected chi connectivity index (χ1v) is 12.5. The van der Waals surface area contributed by atoms with Crippen LogP contribution < -0.4 is 10.1 Å². The van der Waals surface area contributed by atoms with Gasteiger partial charge in [0, 0.05) is 49.9 Å². The summed E-state index contributed by atoms with van der Waals surface area (Å²) in [4.78, 5) is 27.1. The molecule has 0 radical (unpaired) electrons. The van der Waals surface area contributed by atoms with Crippen molar-refractivity contribution in [1.82, 2.24) is 20.0 Å². The summed E-state index contributed by atoms with van der Waals surface area (Å²) in [5, 5.41) is 7.92. The summed E-state index contributed by atoms with van der Waals surface area (Å²) in [5.41, 5.74) is 5.60. The molecule has 0 spiro atoms. The number of hydrogen-bond donors (Lipinski definition) is 1. The molecule has 0 unspecified atom stereocenters. The van der Waals surface area contributed by atoms with Gasteiger partial charge in [-0.15, -0.1) is 0 Å². The lowest BCUT2D eigenvalue weighted by Crippen LogP contribution is -2.33. The van der Waals surface area contributed by atoms with Gasteiger partial charge >= 0.3 is 5.97 Å². The van der Waals surface area contributed by atoms with E-state index in [2.05, 4.69) is 22.3 Å². The number of amides is 1. The second-order valence-corrected chi connectivity index (χ2v) is 9.49. The van der Waals surface area contributed by atoms with E-state index in [1.807, 2.05) is 28.9 Å². The number of aromatic nitrogens is 2. The maximum absolute atomic E-state index is 13.1. The van der Waals surface area contributed by atoms with Crippen molar-refractivity contribution in [3.05, 3.63) is 82.2 Å². The molecule has 1 amide bonds. The van der Waals surface area contributed by atoms with Crippen molar-refractivity contribution in [2.24, 2.45) is 0 Å². The number of carbonyl (C=O) groups is 2. The van der Waals surface area contributed by atoms with E-state index in [0.717, 1.165) is 67.9 Å². The predicted octanol–water partition coefficient (Wildman–Crippen LogP) is 3.37. The molecule has 2 aliphatic rings. The van der Waals surface area contributed by atoms with Gasteiger partial charge in [-0.3, -0.25) is 14.4 Å². The van der Waals surface area contributed by atoms with Gasteiger partial charge in [0.05, 0.1) is 19.8 Å². The Bertz CT molecular complexity index is 1230. The standard InChI is InChI=1S/C28H32N4O4/c1-35-23-11-5-19(6-12-23)13-16-32-25-14-15-31(17-20-3-7-21(8-4-20)28(34)36-2)18-24(25)26(30-32)27(33)29-22-9-10-22/h3-8,11-12,22H,9-10,13-18H2,1-2H3,(H,29,33). The number of rotatable bonds is 9. The zero-order valence-electron chi connectivity index (χ0n) is 20.8. The zero-order chi connectivity index (χ0) is 25.1. The molecule has 1 saturated carbocycles. The molecule has 1 N–H and O–H groups in total. The Balaban J connectivity index is 1.32. The number of hydrogen-bond acceptors (Lipinski definition) is 6. The Morgan fingerprint density at radius 2 is 1.75 bits per heavy atom. The first-order valence-electron chi connectivity index (χ1n) is 12.5. The molecule has 0 saturated heterocycles.